The lowest BCUT2D eigenvalue weighted by molar-refractivity contribution is -0.134. The molecule has 0 amide bonds. The quantitative estimate of drug-likeness (QED) is 0.648. The molecular formula is C19H16F3N5OS. The molecular weight excluding hydrogens is 403 g/mol. The van der Waals surface area contributed by atoms with Crippen LogP contribution in [0.1, 0.15) is 21.7 Å². The molecule has 4 rings (SSSR count). The molecule has 0 unspecified atom stereocenters. The summed E-state index contributed by atoms with van der Waals surface area (Å²) >= 11 is 0.611. The summed E-state index contributed by atoms with van der Waals surface area (Å²) in [6, 6.07) is 6.28. The van der Waals surface area contributed by atoms with E-state index in [1.165, 1.54) is 22.5 Å². The van der Waals surface area contributed by atoms with Gasteiger partial charge in [0, 0.05) is 30.4 Å². The average Bonchev–Trinajstić information content (AvgIpc) is 3.20. The molecule has 29 heavy (non-hydrogen) atoms. The number of rotatable bonds is 4. The van der Waals surface area contributed by atoms with Gasteiger partial charge in [-0.1, -0.05) is 6.08 Å². The Balaban J connectivity index is 1.46. The highest BCUT2D eigenvalue weighted by atomic mass is 32.1. The summed E-state index contributed by atoms with van der Waals surface area (Å²) in [4.78, 5) is 26.2. The number of thiophene rings is 1. The maximum Gasteiger partial charge on any atom is 0.425 e. The number of hydrogen-bond acceptors (Lipinski definition) is 6. The topological polar surface area (TPSA) is 63.9 Å². The molecule has 3 aromatic heterocycles. The smallest absolute Gasteiger partial charge is 0.337 e. The lowest BCUT2D eigenvalue weighted by Crippen LogP contribution is -2.33. The minimum absolute atomic E-state index is 0.00591. The molecule has 10 heteroatoms. The van der Waals surface area contributed by atoms with Crippen LogP contribution < -0.4 is 10.6 Å². The highest BCUT2D eigenvalue weighted by Gasteiger charge is 2.32. The van der Waals surface area contributed by atoms with Crippen molar-refractivity contribution in [3.63, 3.8) is 0 Å². The van der Waals surface area contributed by atoms with Gasteiger partial charge in [0.15, 0.2) is 0 Å². The van der Waals surface area contributed by atoms with Gasteiger partial charge in [-0.3, -0.25) is 9.55 Å². The van der Waals surface area contributed by atoms with E-state index >= 15 is 0 Å². The number of anilines is 1. The Kier molecular flexibility index (Phi) is 5.18. The molecule has 0 fully saturated rings. The second kappa shape index (κ2) is 7.78. The Morgan fingerprint density at radius 3 is 2.55 bits per heavy atom. The minimum atomic E-state index is -4.38. The maximum atomic E-state index is 12.7. The van der Waals surface area contributed by atoms with Crippen molar-refractivity contribution in [2.45, 2.75) is 19.1 Å². The number of hydrogen-bond donors (Lipinski definition) is 0. The molecule has 0 radical (unpaired) electrons. The molecule has 0 aromatic carbocycles. The number of nitrogens with zero attached hydrogens (tertiary/aromatic N) is 5. The van der Waals surface area contributed by atoms with Gasteiger partial charge in [-0.25, -0.2) is 9.78 Å². The maximum absolute atomic E-state index is 12.7. The van der Waals surface area contributed by atoms with E-state index in [1.54, 1.807) is 12.4 Å². The normalized spacial score (nSPS) is 14.7. The van der Waals surface area contributed by atoms with Crippen LogP contribution in [0.15, 0.2) is 53.9 Å². The van der Waals surface area contributed by atoms with E-state index in [2.05, 4.69) is 21.0 Å². The molecule has 0 bridgehead atoms. The first-order valence-corrected chi connectivity index (χ1v) is 9.65. The molecule has 0 saturated heterocycles. The highest BCUT2D eigenvalue weighted by molar-refractivity contribution is 7.12. The largest absolute Gasteiger partial charge is 0.425 e. The van der Waals surface area contributed by atoms with E-state index in [9.17, 15) is 18.0 Å². The standard InChI is InChI=1S/C19H16F3N5OS/c20-19(21,22)16-2-1-15(29-16)11-27-12-24-17(25-18(27)28)26-9-5-14(6-10-26)13-3-7-23-8-4-13/h1-5,7-8,12H,6,9-11H2. The fraction of sp³-hybridized carbons (Fsp3) is 0.263. The van der Waals surface area contributed by atoms with E-state index in [1.807, 2.05) is 17.0 Å². The molecule has 0 N–H and O–H groups in total. The van der Waals surface area contributed by atoms with Crippen LogP contribution in [0.4, 0.5) is 19.1 Å². The van der Waals surface area contributed by atoms with Crippen molar-refractivity contribution in [3.8, 4) is 0 Å². The third-order valence-electron chi connectivity index (χ3n) is 4.56. The second-order valence-electron chi connectivity index (χ2n) is 6.49. The van der Waals surface area contributed by atoms with Gasteiger partial charge < -0.3 is 4.90 Å². The van der Waals surface area contributed by atoms with Crippen molar-refractivity contribution in [3.05, 3.63) is 74.9 Å². The van der Waals surface area contributed by atoms with Gasteiger partial charge in [0.05, 0.1) is 6.54 Å². The predicted octanol–water partition coefficient (Wildman–Crippen LogP) is 3.46. The SMILES string of the molecule is O=c1nc(N2CC=C(c3ccncc3)CC2)ncn1Cc1ccc(C(F)(F)F)s1. The second-order valence-corrected chi connectivity index (χ2v) is 7.66. The van der Waals surface area contributed by atoms with Crippen LogP contribution in [0.5, 0.6) is 0 Å². The fourth-order valence-electron chi connectivity index (χ4n) is 3.07. The van der Waals surface area contributed by atoms with Crippen LogP contribution in [-0.2, 0) is 12.7 Å². The number of alkyl halides is 3. The van der Waals surface area contributed by atoms with Crippen molar-refractivity contribution in [2.75, 3.05) is 18.0 Å². The van der Waals surface area contributed by atoms with E-state index in [-0.39, 0.29) is 6.54 Å². The third-order valence-corrected chi connectivity index (χ3v) is 5.68. The summed E-state index contributed by atoms with van der Waals surface area (Å²) in [5.41, 5.74) is 1.78. The first-order valence-electron chi connectivity index (χ1n) is 8.84. The number of pyridine rings is 1. The van der Waals surface area contributed by atoms with Gasteiger partial charge in [0.2, 0.25) is 5.95 Å². The zero-order valence-corrected chi connectivity index (χ0v) is 16.0. The molecule has 0 saturated carbocycles. The van der Waals surface area contributed by atoms with Gasteiger partial charge in [-0.05, 0) is 41.8 Å². The molecule has 6 nitrogen and oxygen atoms in total. The Morgan fingerprint density at radius 1 is 1.14 bits per heavy atom. The number of aromatic nitrogens is 4. The first kappa shape index (κ1) is 19.3. The average molecular weight is 419 g/mol. The summed E-state index contributed by atoms with van der Waals surface area (Å²) in [7, 11) is 0. The molecule has 3 aromatic rings. The van der Waals surface area contributed by atoms with Crippen LogP contribution in [0, 0.1) is 0 Å². The Bertz CT molecular complexity index is 1090. The summed E-state index contributed by atoms with van der Waals surface area (Å²) < 4.78 is 39.4. The monoisotopic (exact) mass is 419 g/mol. The summed E-state index contributed by atoms with van der Waals surface area (Å²) in [6.07, 6.45) is 3.29. The van der Waals surface area contributed by atoms with Crippen molar-refractivity contribution < 1.29 is 13.2 Å². The highest BCUT2D eigenvalue weighted by Crippen LogP contribution is 2.34. The lowest BCUT2D eigenvalue weighted by atomic mass is 10.0. The molecule has 1 aliphatic heterocycles. The first-order chi connectivity index (χ1) is 13.9. The van der Waals surface area contributed by atoms with E-state index in [0.29, 0.717) is 35.3 Å². The van der Waals surface area contributed by atoms with Crippen molar-refractivity contribution in [1.82, 2.24) is 19.5 Å². The lowest BCUT2D eigenvalue weighted by Gasteiger charge is -2.26. The van der Waals surface area contributed by atoms with Crippen LogP contribution in [0.25, 0.3) is 5.57 Å². The fourth-order valence-corrected chi connectivity index (χ4v) is 3.95. The van der Waals surface area contributed by atoms with Crippen LogP contribution >= 0.6 is 11.3 Å². The van der Waals surface area contributed by atoms with Crippen LogP contribution in [0.3, 0.4) is 0 Å². The zero-order valence-electron chi connectivity index (χ0n) is 15.1. The molecule has 0 spiro atoms. The molecule has 4 heterocycles. The summed E-state index contributed by atoms with van der Waals surface area (Å²) in [6.45, 7) is 1.24. The van der Waals surface area contributed by atoms with Crippen LogP contribution in [0.2, 0.25) is 0 Å². The van der Waals surface area contributed by atoms with Crippen molar-refractivity contribution in [1.29, 1.82) is 0 Å². The Labute approximate surface area is 168 Å². The third kappa shape index (κ3) is 4.37. The molecule has 0 aliphatic carbocycles. The van der Waals surface area contributed by atoms with Crippen molar-refractivity contribution in [2.24, 2.45) is 0 Å². The van der Waals surface area contributed by atoms with E-state index in [0.717, 1.165) is 18.1 Å². The Hall–Kier alpha value is -3.01. The van der Waals surface area contributed by atoms with Gasteiger partial charge in [-0.15, -0.1) is 11.3 Å². The summed E-state index contributed by atoms with van der Waals surface area (Å²) in [5.74, 6) is 0.318. The zero-order chi connectivity index (χ0) is 20.4. The predicted molar refractivity (Wildman–Crippen MR) is 104 cm³/mol. The van der Waals surface area contributed by atoms with E-state index in [4.69, 9.17) is 0 Å². The molecule has 150 valence electrons. The van der Waals surface area contributed by atoms with Gasteiger partial charge in [-0.2, -0.15) is 18.2 Å². The Morgan fingerprint density at radius 2 is 1.93 bits per heavy atom. The summed E-state index contributed by atoms with van der Waals surface area (Å²) in [5, 5.41) is 0. The molecule has 1 aliphatic rings. The van der Waals surface area contributed by atoms with E-state index < -0.39 is 16.7 Å². The van der Waals surface area contributed by atoms with Crippen LogP contribution in [-0.4, -0.2) is 32.6 Å². The van der Waals surface area contributed by atoms with Crippen molar-refractivity contribution >= 4 is 22.9 Å². The molecule has 0 atom stereocenters. The number of halogens is 3. The minimum Gasteiger partial charge on any atom is -0.337 e. The van der Waals surface area contributed by atoms with Gasteiger partial charge in [0.25, 0.3) is 0 Å². The van der Waals surface area contributed by atoms with Gasteiger partial charge in [0.1, 0.15) is 11.2 Å². The van der Waals surface area contributed by atoms with Gasteiger partial charge >= 0.3 is 11.9 Å².